The lowest BCUT2D eigenvalue weighted by Gasteiger charge is -2.23. The number of amides is 2. The van der Waals surface area contributed by atoms with E-state index < -0.39 is 23.4 Å². The molecule has 0 aromatic carbocycles. The lowest BCUT2D eigenvalue weighted by atomic mass is 9.86. The number of carbonyl (C=O) groups excluding carboxylic acids is 2. The van der Waals surface area contributed by atoms with Crippen molar-refractivity contribution in [3.05, 3.63) is 0 Å². The largest absolute Gasteiger partial charge is 0.481 e. The summed E-state index contributed by atoms with van der Waals surface area (Å²) < 4.78 is 4.43. The van der Waals surface area contributed by atoms with Gasteiger partial charge in [0.15, 0.2) is 0 Å². The molecule has 2 amide bonds. The molecule has 0 aromatic rings. The Labute approximate surface area is 111 Å². The van der Waals surface area contributed by atoms with Crippen molar-refractivity contribution in [3.8, 4) is 0 Å². The molecule has 0 radical (unpaired) electrons. The highest BCUT2D eigenvalue weighted by atomic mass is 16.5. The maximum atomic E-state index is 11.5. The van der Waals surface area contributed by atoms with Crippen LogP contribution in [0.4, 0.5) is 4.79 Å². The van der Waals surface area contributed by atoms with E-state index in [4.69, 9.17) is 0 Å². The van der Waals surface area contributed by atoms with E-state index in [1.54, 1.807) is 0 Å². The van der Waals surface area contributed by atoms with Gasteiger partial charge >= 0.3 is 18.0 Å². The smallest absolute Gasteiger partial charge is 0.314 e. The molecular formula is C12H20N2O5. The Morgan fingerprint density at radius 2 is 1.84 bits per heavy atom. The van der Waals surface area contributed by atoms with Gasteiger partial charge in [0.25, 0.3) is 0 Å². The lowest BCUT2D eigenvalue weighted by molar-refractivity contribution is -0.148. The van der Waals surface area contributed by atoms with E-state index in [9.17, 15) is 19.5 Å². The Morgan fingerprint density at radius 3 is 2.37 bits per heavy atom. The van der Waals surface area contributed by atoms with Crippen LogP contribution < -0.4 is 10.6 Å². The number of urea groups is 1. The average Bonchev–Trinajstić information content (AvgIpc) is 2.86. The van der Waals surface area contributed by atoms with Crippen molar-refractivity contribution in [3.63, 3.8) is 0 Å². The van der Waals surface area contributed by atoms with E-state index >= 15 is 0 Å². The summed E-state index contributed by atoms with van der Waals surface area (Å²) in [5, 5.41) is 14.3. The zero-order valence-electron chi connectivity index (χ0n) is 11.0. The van der Waals surface area contributed by atoms with Crippen molar-refractivity contribution >= 4 is 18.0 Å². The molecule has 0 atom stereocenters. The number of rotatable bonds is 6. The van der Waals surface area contributed by atoms with E-state index in [0.717, 1.165) is 12.8 Å². The first-order valence-corrected chi connectivity index (χ1v) is 6.32. The van der Waals surface area contributed by atoms with Crippen LogP contribution in [0.15, 0.2) is 0 Å². The minimum atomic E-state index is -0.861. The molecule has 0 bridgehead atoms. The normalized spacial score (nSPS) is 16.7. The van der Waals surface area contributed by atoms with Gasteiger partial charge in [0.1, 0.15) is 0 Å². The molecule has 1 aliphatic carbocycles. The van der Waals surface area contributed by atoms with Crippen LogP contribution in [0.1, 0.15) is 32.1 Å². The highest BCUT2D eigenvalue weighted by Gasteiger charge is 2.41. The summed E-state index contributed by atoms with van der Waals surface area (Å²) in [4.78, 5) is 33.5. The summed E-state index contributed by atoms with van der Waals surface area (Å²) in [5.74, 6) is -1.27. The number of nitrogens with one attached hydrogen (secondary N) is 2. The number of esters is 1. The molecule has 0 saturated heterocycles. The van der Waals surface area contributed by atoms with E-state index in [-0.39, 0.29) is 19.5 Å². The molecule has 0 spiro atoms. The minimum absolute atomic E-state index is 0.0913. The van der Waals surface area contributed by atoms with Gasteiger partial charge in [-0.1, -0.05) is 12.8 Å². The number of aliphatic carboxylic acids is 1. The molecule has 7 heteroatoms. The molecule has 7 nitrogen and oxygen atoms in total. The van der Waals surface area contributed by atoms with Crippen LogP contribution in [-0.2, 0) is 14.3 Å². The summed E-state index contributed by atoms with van der Waals surface area (Å²) in [6.07, 6.45) is 3.01. The molecule has 1 saturated carbocycles. The summed E-state index contributed by atoms with van der Waals surface area (Å²) >= 11 is 0. The molecule has 0 aromatic heterocycles. The zero-order valence-corrected chi connectivity index (χ0v) is 11.0. The maximum Gasteiger partial charge on any atom is 0.314 e. The summed E-state index contributed by atoms with van der Waals surface area (Å²) in [7, 11) is 1.28. The minimum Gasteiger partial charge on any atom is -0.481 e. The number of hydrogen-bond donors (Lipinski definition) is 3. The number of ether oxygens (including phenoxy) is 1. The second-order valence-electron chi connectivity index (χ2n) is 4.73. The zero-order chi connectivity index (χ0) is 14.3. The van der Waals surface area contributed by atoms with Crippen molar-refractivity contribution in [1.82, 2.24) is 10.6 Å². The average molecular weight is 272 g/mol. The number of carboxylic acid groups (broad SMARTS) is 1. The molecule has 19 heavy (non-hydrogen) atoms. The third-order valence-electron chi connectivity index (χ3n) is 3.44. The third-order valence-corrected chi connectivity index (χ3v) is 3.44. The van der Waals surface area contributed by atoms with Gasteiger partial charge in [-0.25, -0.2) is 4.79 Å². The fourth-order valence-electron chi connectivity index (χ4n) is 2.21. The fourth-order valence-corrected chi connectivity index (χ4v) is 2.21. The molecular weight excluding hydrogens is 252 g/mol. The number of methoxy groups -OCH3 is 1. The monoisotopic (exact) mass is 272 g/mol. The Balaban J connectivity index is 2.29. The fraction of sp³-hybridized carbons (Fsp3) is 0.750. The van der Waals surface area contributed by atoms with E-state index in [1.807, 2.05) is 0 Å². The van der Waals surface area contributed by atoms with Crippen molar-refractivity contribution < 1.29 is 24.2 Å². The van der Waals surface area contributed by atoms with Crippen molar-refractivity contribution in [2.24, 2.45) is 5.41 Å². The van der Waals surface area contributed by atoms with Crippen molar-refractivity contribution in [2.75, 3.05) is 20.2 Å². The van der Waals surface area contributed by atoms with Gasteiger partial charge in [-0.15, -0.1) is 0 Å². The predicted molar refractivity (Wildman–Crippen MR) is 66.6 cm³/mol. The standard InChI is InChI=1S/C12H20N2O5/c1-19-9(15)4-7-13-11(18)14-8-12(10(16)17)5-2-3-6-12/h2-8H2,1H3,(H,16,17)(H2,13,14,18). The van der Waals surface area contributed by atoms with Crippen LogP contribution in [0.3, 0.4) is 0 Å². The molecule has 1 fully saturated rings. The van der Waals surface area contributed by atoms with Crippen LogP contribution in [-0.4, -0.2) is 43.3 Å². The van der Waals surface area contributed by atoms with Crippen molar-refractivity contribution in [1.29, 1.82) is 0 Å². The van der Waals surface area contributed by atoms with E-state index in [2.05, 4.69) is 15.4 Å². The molecule has 108 valence electrons. The Hall–Kier alpha value is -1.79. The van der Waals surface area contributed by atoms with Crippen molar-refractivity contribution in [2.45, 2.75) is 32.1 Å². The summed E-state index contributed by atoms with van der Waals surface area (Å²) in [6.45, 7) is 0.283. The lowest BCUT2D eigenvalue weighted by Crippen LogP contribution is -2.45. The van der Waals surface area contributed by atoms with Gasteiger partial charge in [-0.2, -0.15) is 0 Å². The molecule has 3 N–H and O–H groups in total. The van der Waals surface area contributed by atoms with Gasteiger partial charge in [0, 0.05) is 13.1 Å². The topological polar surface area (TPSA) is 105 Å². The number of hydrogen-bond acceptors (Lipinski definition) is 4. The predicted octanol–water partition coefficient (Wildman–Crippen LogP) is 0.494. The second kappa shape index (κ2) is 6.96. The van der Waals surface area contributed by atoms with Gasteiger partial charge < -0.3 is 20.5 Å². The van der Waals surface area contributed by atoms with Crippen LogP contribution in [0, 0.1) is 5.41 Å². The molecule has 1 rings (SSSR count). The van der Waals surface area contributed by atoms with Gasteiger partial charge in [-0.3, -0.25) is 9.59 Å². The Kier molecular flexibility index (Phi) is 5.59. The number of carbonyl (C=O) groups is 3. The summed E-state index contributed by atoms with van der Waals surface area (Å²) in [5.41, 5.74) is -0.834. The Morgan fingerprint density at radius 1 is 1.21 bits per heavy atom. The quantitative estimate of drug-likeness (QED) is 0.610. The molecule has 0 aliphatic heterocycles. The highest BCUT2D eigenvalue weighted by Crippen LogP contribution is 2.37. The van der Waals surface area contributed by atoms with Gasteiger partial charge in [0.2, 0.25) is 0 Å². The summed E-state index contributed by atoms with van der Waals surface area (Å²) in [6, 6.07) is -0.462. The highest BCUT2D eigenvalue weighted by molar-refractivity contribution is 5.78. The molecule has 0 heterocycles. The molecule has 0 unspecified atom stereocenters. The first-order valence-electron chi connectivity index (χ1n) is 6.32. The first kappa shape index (κ1) is 15.3. The number of carboxylic acids is 1. The maximum absolute atomic E-state index is 11.5. The van der Waals surface area contributed by atoms with E-state index in [0.29, 0.717) is 12.8 Å². The van der Waals surface area contributed by atoms with Crippen LogP contribution in [0.25, 0.3) is 0 Å². The van der Waals surface area contributed by atoms with Crippen LogP contribution in [0.5, 0.6) is 0 Å². The second-order valence-corrected chi connectivity index (χ2v) is 4.73. The van der Waals surface area contributed by atoms with Crippen LogP contribution >= 0.6 is 0 Å². The third kappa shape index (κ3) is 4.42. The van der Waals surface area contributed by atoms with Crippen LogP contribution in [0.2, 0.25) is 0 Å². The first-order chi connectivity index (χ1) is 9.00. The van der Waals surface area contributed by atoms with E-state index in [1.165, 1.54) is 7.11 Å². The SMILES string of the molecule is COC(=O)CCNC(=O)NCC1(C(=O)O)CCCC1. The molecule has 1 aliphatic rings. The van der Waals surface area contributed by atoms with Gasteiger partial charge in [0.05, 0.1) is 18.9 Å². The van der Waals surface area contributed by atoms with Gasteiger partial charge in [-0.05, 0) is 12.8 Å². The Bertz CT molecular complexity index is 350.